The van der Waals surface area contributed by atoms with Crippen molar-refractivity contribution in [2.45, 2.75) is 27.4 Å². The molecule has 0 aliphatic carbocycles. The standard InChI is InChI=1S/C16H20N2O/c1-4-17-16-14(8-6-10-18-16)11-19-15-9-5-7-12(2)13(15)3/h5-10H,4,11H2,1-3H3,(H,17,18). The van der Waals surface area contributed by atoms with E-state index in [-0.39, 0.29) is 0 Å². The second-order valence-electron chi connectivity index (χ2n) is 4.53. The molecule has 0 atom stereocenters. The van der Waals surface area contributed by atoms with Gasteiger partial charge in [0.15, 0.2) is 0 Å². The van der Waals surface area contributed by atoms with Gasteiger partial charge in [-0.25, -0.2) is 4.98 Å². The van der Waals surface area contributed by atoms with E-state index in [4.69, 9.17) is 4.74 Å². The molecule has 0 unspecified atom stereocenters. The molecule has 0 saturated carbocycles. The summed E-state index contributed by atoms with van der Waals surface area (Å²) in [6, 6.07) is 10.1. The third-order valence-electron chi connectivity index (χ3n) is 3.17. The lowest BCUT2D eigenvalue weighted by Gasteiger charge is -2.13. The lowest BCUT2D eigenvalue weighted by atomic mass is 10.1. The minimum absolute atomic E-state index is 0.528. The topological polar surface area (TPSA) is 34.2 Å². The summed E-state index contributed by atoms with van der Waals surface area (Å²) in [5, 5.41) is 3.25. The Bertz CT molecular complexity index is 552. The van der Waals surface area contributed by atoms with Gasteiger partial charge in [-0.05, 0) is 44.0 Å². The Morgan fingerprint density at radius 1 is 1.16 bits per heavy atom. The van der Waals surface area contributed by atoms with E-state index in [1.165, 1.54) is 11.1 Å². The van der Waals surface area contributed by atoms with Crippen molar-refractivity contribution in [2.24, 2.45) is 0 Å². The molecule has 0 aliphatic rings. The second kappa shape index (κ2) is 6.23. The molecule has 3 nitrogen and oxygen atoms in total. The van der Waals surface area contributed by atoms with Crippen molar-refractivity contribution in [1.29, 1.82) is 0 Å². The van der Waals surface area contributed by atoms with Gasteiger partial charge >= 0.3 is 0 Å². The molecule has 19 heavy (non-hydrogen) atoms. The highest BCUT2D eigenvalue weighted by molar-refractivity contribution is 5.44. The highest BCUT2D eigenvalue weighted by Crippen LogP contribution is 2.22. The molecule has 3 heteroatoms. The first-order chi connectivity index (χ1) is 9.22. The largest absolute Gasteiger partial charge is 0.488 e. The first-order valence-electron chi connectivity index (χ1n) is 6.59. The molecule has 100 valence electrons. The highest BCUT2D eigenvalue weighted by Gasteiger charge is 2.05. The van der Waals surface area contributed by atoms with Crippen LogP contribution in [0.4, 0.5) is 5.82 Å². The quantitative estimate of drug-likeness (QED) is 0.885. The number of rotatable bonds is 5. The summed E-state index contributed by atoms with van der Waals surface area (Å²) in [7, 11) is 0. The van der Waals surface area contributed by atoms with Crippen molar-refractivity contribution in [3.63, 3.8) is 0 Å². The van der Waals surface area contributed by atoms with Crippen LogP contribution in [0.3, 0.4) is 0 Å². The predicted octanol–water partition coefficient (Wildman–Crippen LogP) is 3.71. The average Bonchev–Trinajstić information content (AvgIpc) is 2.42. The Hall–Kier alpha value is -2.03. The molecule has 0 amide bonds. The van der Waals surface area contributed by atoms with Gasteiger partial charge in [0.1, 0.15) is 18.2 Å². The zero-order valence-corrected chi connectivity index (χ0v) is 11.7. The smallest absolute Gasteiger partial charge is 0.132 e. The van der Waals surface area contributed by atoms with E-state index < -0.39 is 0 Å². The average molecular weight is 256 g/mol. The Labute approximate surface area is 114 Å². The minimum atomic E-state index is 0.528. The van der Waals surface area contributed by atoms with Crippen LogP contribution in [0.5, 0.6) is 5.75 Å². The molecule has 0 fully saturated rings. The van der Waals surface area contributed by atoms with Crippen LogP contribution < -0.4 is 10.1 Å². The van der Waals surface area contributed by atoms with Crippen LogP contribution in [0.1, 0.15) is 23.6 Å². The van der Waals surface area contributed by atoms with Crippen LogP contribution in [0.15, 0.2) is 36.5 Å². The van der Waals surface area contributed by atoms with Crippen LogP contribution >= 0.6 is 0 Å². The molecule has 1 heterocycles. The molecule has 0 spiro atoms. The molecule has 1 N–H and O–H groups in total. The lowest BCUT2D eigenvalue weighted by molar-refractivity contribution is 0.304. The molecule has 2 rings (SSSR count). The molecule has 0 saturated heterocycles. The first-order valence-corrected chi connectivity index (χ1v) is 6.59. The Morgan fingerprint density at radius 3 is 2.79 bits per heavy atom. The summed E-state index contributed by atoms with van der Waals surface area (Å²) in [4.78, 5) is 4.33. The predicted molar refractivity (Wildman–Crippen MR) is 78.6 cm³/mol. The summed E-state index contributed by atoms with van der Waals surface area (Å²) in [5.74, 6) is 1.83. The molecule has 0 radical (unpaired) electrons. The number of nitrogens with one attached hydrogen (secondary N) is 1. The van der Waals surface area contributed by atoms with Gasteiger partial charge in [-0.15, -0.1) is 0 Å². The third kappa shape index (κ3) is 3.25. The summed E-state index contributed by atoms with van der Waals surface area (Å²) >= 11 is 0. The van der Waals surface area contributed by atoms with Crippen LogP contribution in [-0.4, -0.2) is 11.5 Å². The van der Waals surface area contributed by atoms with Crippen LogP contribution in [0.25, 0.3) is 0 Å². The molecular weight excluding hydrogens is 236 g/mol. The number of anilines is 1. The molecular formula is C16H20N2O. The number of benzene rings is 1. The second-order valence-corrected chi connectivity index (χ2v) is 4.53. The SMILES string of the molecule is CCNc1ncccc1COc1cccc(C)c1C. The fourth-order valence-corrected chi connectivity index (χ4v) is 1.92. The van der Waals surface area contributed by atoms with Gasteiger partial charge in [-0.1, -0.05) is 18.2 Å². The van der Waals surface area contributed by atoms with Crippen molar-refractivity contribution < 1.29 is 4.74 Å². The van der Waals surface area contributed by atoms with E-state index in [1.54, 1.807) is 6.20 Å². The third-order valence-corrected chi connectivity index (χ3v) is 3.17. The number of ether oxygens (including phenoxy) is 1. The van der Waals surface area contributed by atoms with E-state index in [9.17, 15) is 0 Å². The summed E-state index contributed by atoms with van der Waals surface area (Å²) in [6.45, 7) is 7.62. The highest BCUT2D eigenvalue weighted by atomic mass is 16.5. The molecule has 1 aromatic heterocycles. The number of hydrogen-bond donors (Lipinski definition) is 1. The summed E-state index contributed by atoms with van der Waals surface area (Å²) in [6.07, 6.45) is 1.79. The van der Waals surface area contributed by atoms with E-state index in [2.05, 4.69) is 37.1 Å². The number of aromatic nitrogens is 1. The Balaban J connectivity index is 2.12. The van der Waals surface area contributed by atoms with Crippen LogP contribution in [-0.2, 0) is 6.61 Å². The lowest BCUT2D eigenvalue weighted by Crippen LogP contribution is -2.06. The summed E-state index contributed by atoms with van der Waals surface area (Å²) < 4.78 is 5.91. The van der Waals surface area contributed by atoms with Gasteiger partial charge in [0.25, 0.3) is 0 Å². The van der Waals surface area contributed by atoms with E-state index in [0.717, 1.165) is 23.7 Å². The Kier molecular flexibility index (Phi) is 4.39. The van der Waals surface area contributed by atoms with Crippen molar-refractivity contribution in [3.05, 3.63) is 53.2 Å². The fourth-order valence-electron chi connectivity index (χ4n) is 1.92. The van der Waals surface area contributed by atoms with E-state index >= 15 is 0 Å². The van der Waals surface area contributed by atoms with Gasteiger partial charge < -0.3 is 10.1 Å². The molecule has 1 aromatic carbocycles. The van der Waals surface area contributed by atoms with Gasteiger partial charge in [0.05, 0.1) is 0 Å². The van der Waals surface area contributed by atoms with Gasteiger partial charge in [0, 0.05) is 18.3 Å². The number of aryl methyl sites for hydroxylation is 1. The normalized spacial score (nSPS) is 10.3. The number of pyridine rings is 1. The van der Waals surface area contributed by atoms with Crippen molar-refractivity contribution in [3.8, 4) is 5.75 Å². The van der Waals surface area contributed by atoms with E-state index in [0.29, 0.717) is 6.61 Å². The maximum absolute atomic E-state index is 5.91. The van der Waals surface area contributed by atoms with Crippen molar-refractivity contribution in [2.75, 3.05) is 11.9 Å². The molecule has 2 aromatic rings. The monoisotopic (exact) mass is 256 g/mol. The number of hydrogen-bond acceptors (Lipinski definition) is 3. The first kappa shape index (κ1) is 13.4. The van der Waals surface area contributed by atoms with E-state index in [1.807, 2.05) is 24.3 Å². The van der Waals surface area contributed by atoms with Gasteiger partial charge in [-0.2, -0.15) is 0 Å². The van der Waals surface area contributed by atoms with Crippen molar-refractivity contribution >= 4 is 5.82 Å². The minimum Gasteiger partial charge on any atom is -0.488 e. The molecule has 0 aliphatic heterocycles. The summed E-state index contributed by atoms with van der Waals surface area (Å²) in [5.41, 5.74) is 3.51. The van der Waals surface area contributed by atoms with Gasteiger partial charge in [0.2, 0.25) is 0 Å². The zero-order chi connectivity index (χ0) is 13.7. The zero-order valence-electron chi connectivity index (χ0n) is 11.7. The van der Waals surface area contributed by atoms with Gasteiger partial charge in [-0.3, -0.25) is 0 Å². The number of nitrogens with zero attached hydrogens (tertiary/aromatic N) is 1. The maximum atomic E-state index is 5.91. The maximum Gasteiger partial charge on any atom is 0.132 e. The Morgan fingerprint density at radius 2 is 2.00 bits per heavy atom. The van der Waals surface area contributed by atoms with Crippen LogP contribution in [0, 0.1) is 13.8 Å². The molecule has 0 bridgehead atoms. The van der Waals surface area contributed by atoms with Crippen LogP contribution in [0.2, 0.25) is 0 Å². The van der Waals surface area contributed by atoms with Crippen molar-refractivity contribution in [1.82, 2.24) is 4.98 Å². The fraction of sp³-hybridized carbons (Fsp3) is 0.312.